The average Bonchev–Trinajstić information content (AvgIpc) is 2.14. The smallest absolute Gasteiger partial charge is 0.286 e. The molecule has 92 valence electrons. The summed E-state index contributed by atoms with van der Waals surface area (Å²) in [5.41, 5.74) is 5.28. The Balaban J connectivity index is 2.72. The van der Waals surface area contributed by atoms with E-state index in [2.05, 4.69) is 5.32 Å². The molecular formula is C12H18N3O2+. The highest BCUT2D eigenvalue weighted by Crippen LogP contribution is 1.98. The molecule has 0 spiro atoms. The molecule has 17 heavy (non-hydrogen) atoms. The van der Waals surface area contributed by atoms with Gasteiger partial charge in [0.25, 0.3) is 11.8 Å². The van der Waals surface area contributed by atoms with Gasteiger partial charge in [-0.05, 0) is 26.8 Å². The van der Waals surface area contributed by atoms with Crippen LogP contribution >= 0.6 is 0 Å². The summed E-state index contributed by atoms with van der Waals surface area (Å²) in [5.74, 6) is -0.611. The number of carbonyl (C=O) groups excluding carboxylic acids is 2. The zero-order chi connectivity index (χ0) is 13.1. The van der Waals surface area contributed by atoms with E-state index in [0.717, 1.165) is 0 Å². The highest BCUT2D eigenvalue weighted by Gasteiger charge is 2.17. The molecule has 3 N–H and O–H groups in total. The van der Waals surface area contributed by atoms with Crippen molar-refractivity contribution in [2.45, 2.75) is 32.9 Å². The first-order valence-electron chi connectivity index (χ1n) is 5.38. The van der Waals surface area contributed by atoms with Gasteiger partial charge in [0.2, 0.25) is 6.54 Å². The predicted octanol–water partition coefficient (Wildman–Crippen LogP) is -0.0123. The zero-order valence-corrected chi connectivity index (χ0v) is 10.4. The van der Waals surface area contributed by atoms with E-state index in [4.69, 9.17) is 5.73 Å². The fourth-order valence-electron chi connectivity index (χ4n) is 1.39. The third-order valence-electron chi connectivity index (χ3n) is 1.98. The molecule has 1 heterocycles. The maximum absolute atomic E-state index is 11.7. The molecule has 0 aliphatic carbocycles. The average molecular weight is 236 g/mol. The SMILES string of the molecule is CC(C)(C)NC(=O)C[n+]1cccc(C(N)=O)c1. The van der Waals surface area contributed by atoms with Crippen LogP contribution in [0.25, 0.3) is 0 Å². The molecule has 0 fully saturated rings. The molecule has 1 rings (SSSR count). The molecule has 0 bridgehead atoms. The number of primary amides is 1. The molecule has 0 aromatic carbocycles. The molecule has 1 aromatic rings. The zero-order valence-electron chi connectivity index (χ0n) is 10.4. The van der Waals surface area contributed by atoms with Crippen LogP contribution in [-0.4, -0.2) is 17.4 Å². The fraction of sp³-hybridized carbons (Fsp3) is 0.417. The van der Waals surface area contributed by atoms with Crippen LogP contribution in [0.4, 0.5) is 0 Å². The van der Waals surface area contributed by atoms with E-state index < -0.39 is 5.91 Å². The molecule has 0 aliphatic rings. The lowest BCUT2D eigenvalue weighted by molar-refractivity contribution is -0.684. The summed E-state index contributed by atoms with van der Waals surface area (Å²) in [6, 6.07) is 3.30. The van der Waals surface area contributed by atoms with Gasteiger partial charge in [0.1, 0.15) is 5.56 Å². The highest BCUT2D eigenvalue weighted by atomic mass is 16.2. The number of hydrogen-bond acceptors (Lipinski definition) is 2. The predicted molar refractivity (Wildman–Crippen MR) is 63.1 cm³/mol. The van der Waals surface area contributed by atoms with E-state index in [1.54, 1.807) is 29.1 Å². The molecule has 0 atom stereocenters. The van der Waals surface area contributed by atoms with E-state index >= 15 is 0 Å². The van der Waals surface area contributed by atoms with Gasteiger partial charge >= 0.3 is 0 Å². The van der Waals surface area contributed by atoms with Gasteiger partial charge in [-0.15, -0.1) is 0 Å². The van der Waals surface area contributed by atoms with Gasteiger partial charge in [0.15, 0.2) is 12.4 Å². The van der Waals surface area contributed by atoms with E-state index in [0.29, 0.717) is 5.56 Å². The summed E-state index contributed by atoms with van der Waals surface area (Å²) in [5, 5.41) is 2.84. The summed E-state index contributed by atoms with van der Waals surface area (Å²) < 4.78 is 1.63. The number of rotatable bonds is 3. The van der Waals surface area contributed by atoms with Crippen molar-refractivity contribution >= 4 is 11.8 Å². The first kappa shape index (κ1) is 13.2. The Bertz CT molecular complexity index is 436. The molecule has 0 saturated carbocycles. The third kappa shape index (κ3) is 4.63. The van der Waals surface area contributed by atoms with Crippen molar-refractivity contribution in [2.75, 3.05) is 0 Å². The lowest BCUT2D eigenvalue weighted by atomic mass is 10.1. The molecule has 5 heteroatoms. The van der Waals surface area contributed by atoms with E-state index in [-0.39, 0.29) is 18.0 Å². The lowest BCUT2D eigenvalue weighted by Gasteiger charge is -2.19. The summed E-state index contributed by atoms with van der Waals surface area (Å²) in [6.45, 7) is 5.90. The van der Waals surface area contributed by atoms with Crippen LogP contribution in [0, 0.1) is 0 Å². The summed E-state index contributed by atoms with van der Waals surface area (Å²) in [6.07, 6.45) is 3.28. The number of nitrogens with two attached hydrogens (primary N) is 1. The third-order valence-corrected chi connectivity index (χ3v) is 1.98. The van der Waals surface area contributed by atoms with E-state index in [1.807, 2.05) is 20.8 Å². The van der Waals surface area contributed by atoms with Gasteiger partial charge in [-0.3, -0.25) is 9.59 Å². The Hall–Kier alpha value is -1.91. The van der Waals surface area contributed by atoms with Crippen LogP contribution in [0.5, 0.6) is 0 Å². The minimum atomic E-state index is -0.504. The Labute approximate surface area is 101 Å². The Morgan fingerprint density at radius 3 is 2.59 bits per heavy atom. The molecule has 0 unspecified atom stereocenters. The van der Waals surface area contributed by atoms with Crippen molar-refractivity contribution in [2.24, 2.45) is 5.73 Å². The molecule has 5 nitrogen and oxygen atoms in total. The number of amides is 2. The summed E-state index contributed by atoms with van der Waals surface area (Å²) in [7, 11) is 0. The van der Waals surface area contributed by atoms with Crippen molar-refractivity contribution in [3.8, 4) is 0 Å². The second kappa shape index (κ2) is 4.95. The molecule has 1 aromatic heterocycles. The number of aromatic nitrogens is 1. The van der Waals surface area contributed by atoms with Gasteiger partial charge < -0.3 is 11.1 Å². The highest BCUT2D eigenvalue weighted by molar-refractivity contribution is 5.92. The normalized spacial score (nSPS) is 11.0. The maximum atomic E-state index is 11.7. The molecule has 2 amide bonds. The van der Waals surface area contributed by atoms with Crippen molar-refractivity contribution in [1.29, 1.82) is 0 Å². The summed E-state index contributed by atoms with van der Waals surface area (Å²) >= 11 is 0. The second-order valence-electron chi connectivity index (χ2n) is 4.93. The molecular weight excluding hydrogens is 218 g/mol. The van der Waals surface area contributed by atoms with Crippen LogP contribution in [0.2, 0.25) is 0 Å². The fourth-order valence-corrected chi connectivity index (χ4v) is 1.39. The molecule has 0 aliphatic heterocycles. The Kier molecular flexibility index (Phi) is 3.83. The van der Waals surface area contributed by atoms with Gasteiger partial charge in [-0.2, -0.15) is 4.57 Å². The number of nitrogens with one attached hydrogen (secondary N) is 1. The standard InChI is InChI=1S/C12H17N3O2/c1-12(2,3)14-10(16)8-15-6-4-5-9(7-15)11(13)17/h4-7H,8H2,1-3H3,(H2-,13,14,16,17)/p+1. The van der Waals surface area contributed by atoms with Crippen LogP contribution in [0.1, 0.15) is 31.1 Å². The minimum Gasteiger partial charge on any atom is -0.365 e. The topological polar surface area (TPSA) is 76.1 Å². The van der Waals surface area contributed by atoms with Crippen LogP contribution < -0.4 is 15.6 Å². The first-order valence-corrected chi connectivity index (χ1v) is 5.38. The van der Waals surface area contributed by atoms with Crippen LogP contribution in [0.15, 0.2) is 24.5 Å². The maximum Gasteiger partial charge on any atom is 0.286 e. The van der Waals surface area contributed by atoms with Crippen molar-refractivity contribution in [3.05, 3.63) is 30.1 Å². The second-order valence-corrected chi connectivity index (χ2v) is 4.93. The van der Waals surface area contributed by atoms with Gasteiger partial charge in [-0.1, -0.05) is 0 Å². The Morgan fingerprint density at radius 2 is 2.06 bits per heavy atom. The largest absolute Gasteiger partial charge is 0.365 e. The number of pyridine rings is 1. The first-order chi connectivity index (χ1) is 7.78. The lowest BCUT2D eigenvalue weighted by Crippen LogP contribution is -2.48. The van der Waals surface area contributed by atoms with Gasteiger partial charge in [-0.25, -0.2) is 0 Å². The van der Waals surface area contributed by atoms with Crippen molar-refractivity contribution < 1.29 is 14.2 Å². The van der Waals surface area contributed by atoms with Gasteiger partial charge in [0.05, 0.1) is 0 Å². The van der Waals surface area contributed by atoms with E-state index in [9.17, 15) is 9.59 Å². The Morgan fingerprint density at radius 1 is 1.41 bits per heavy atom. The number of carbonyl (C=O) groups is 2. The number of nitrogens with zero attached hydrogens (tertiary/aromatic N) is 1. The van der Waals surface area contributed by atoms with Crippen LogP contribution in [-0.2, 0) is 11.3 Å². The van der Waals surface area contributed by atoms with Crippen molar-refractivity contribution in [1.82, 2.24) is 5.32 Å². The van der Waals surface area contributed by atoms with Gasteiger partial charge in [0, 0.05) is 11.6 Å². The summed E-state index contributed by atoms with van der Waals surface area (Å²) in [4.78, 5) is 22.6. The number of hydrogen-bond donors (Lipinski definition) is 2. The minimum absolute atomic E-state index is 0.107. The van der Waals surface area contributed by atoms with E-state index in [1.165, 1.54) is 0 Å². The monoisotopic (exact) mass is 236 g/mol. The quantitative estimate of drug-likeness (QED) is 0.724. The molecule has 0 radical (unpaired) electrons. The van der Waals surface area contributed by atoms with Crippen molar-refractivity contribution in [3.63, 3.8) is 0 Å². The molecule has 0 saturated heterocycles. The van der Waals surface area contributed by atoms with Crippen LogP contribution in [0.3, 0.4) is 0 Å².